The zero-order valence-corrected chi connectivity index (χ0v) is 15.1. The fourth-order valence-electron chi connectivity index (χ4n) is 2.14. The molecule has 1 aromatic carbocycles. The highest BCUT2D eigenvalue weighted by atomic mass is 16.5. The van der Waals surface area contributed by atoms with Crippen LogP contribution in [0.1, 0.15) is 27.2 Å². The van der Waals surface area contributed by atoms with Crippen LogP contribution in [0.2, 0.25) is 0 Å². The fourth-order valence-corrected chi connectivity index (χ4v) is 2.14. The van der Waals surface area contributed by atoms with Gasteiger partial charge < -0.3 is 20.1 Å². The number of carbonyl (C=O) groups excluding carboxylic acids is 3. The van der Waals surface area contributed by atoms with E-state index in [9.17, 15) is 14.4 Å². The first kappa shape index (κ1) is 20.5. The highest BCUT2D eigenvalue weighted by Crippen LogP contribution is 2.08. The molecule has 25 heavy (non-hydrogen) atoms. The third-order valence-corrected chi connectivity index (χ3v) is 3.39. The number of amides is 2. The van der Waals surface area contributed by atoms with Crippen molar-refractivity contribution in [1.29, 1.82) is 0 Å². The van der Waals surface area contributed by atoms with Gasteiger partial charge >= 0.3 is 5.97 Å². The lowest BCUT2D eigenvalue weighted by Gasteiger charge is -2.21. The Morgan fingerprint density at radius 1 is 1.04 bits per heavy atom. The quantitative estimate of drug-likeness (QED) is 0.654. The van der Waals surface area contributed by atoms with Gasteiger partial charge in [0.25, 0.3) is 5.91 Å². The highest BCUT2D eigenvalue weighted by Gasteiger charge is 2.25. The van der Waals surface area contributed by atoms with E-state index in [0.717, 1.165) is 0 Å². The molecule has 0 spiro atoms. The van der Waals surface area contributed by atoms with Crippen molar-refractivity contribution in [3.8, 4) is 5.75 Å². The zero-order valence-electron chi connectivity index (χ0n) is 15.1. The van der Waals surface area contributed by atoms with E-state index < -0.39 is 29.9 Å². The van der Waals surface area contributed by atoms with Gasteiger partial charge in [-0.3, -0.25) is 9.59 Å². The second-order valence-electron chi connectivity index (χ2n) is 6.10. The molecule has 0 saturated carbocycles. The number of carbonyl (C=O) groups is 3. The first-order chi connectivity index (χ1) is 11.8. The largest absolute Gasteiger partial charge is 0.484 e. The summed E-state index contributed by atoms with van der Waals surface area (Å²) in [6.07, 6.45) is 0.455. The first-order valence-corrected chi connectivity index (χ1v) is 8.19. The number of ether oxygens (including phenoxy) is 2. The predicted molar refractivity (Wildman–Crippen MR) is 92.9 cm³/mol. The Morgan fingerprint density at radius 2 is 1.68 bits per heavy atom. The van der Waals surface area contributed by atoms with Crippen LogP contribution in [0.4, 0.5) is 0 Å². The van der Waals surface area contributed by atoms with Crippen molar-refractivity contribution in [2.24, 2.45) is 5.92 Å². The molecule has 0 aliphatic rings. The number of hydrogen-bond donors (Lipinski definition) is 2. The molecule has 2 atom stereocenters. The third kappa shape index (κ3) is 7.69. The van der Waals surface area contributed by atoms with Gasteiger partial charge in [-0.1, -0.05) is 32.0 Å². The minimum Gasteiger partial charge on any atom is -0.484 e. The molecule has 0 aliphatic heterocycles. The van der Waals surface area contributed by atoms with Crippen molar-refractivity contribution in [3.63, 3.8) is 0 Å². The Kier molecular flexibility index (Phi) is 8.46. The summed E-state index contributed by atoms with van der Waals surface area (Å²) in [5, 5.41) is 5.15. The Balaban J connectivity index is 2.48. The summed E-state index contributed by atoms with van der Waals surface area (Å²) in [7, 11) is 1.27. The van der Waals surface area contributed by atoms with Crippen LogP contribution >= 0.6 is 0 Å². The van der Waals surface area contributed by atoms with Crippen LogP contribution in [0.15, 0.2) is 30.3 Å². The standard InChI is InChI=1S/C18H26N2O5/c1-12(2)10-15(18(23)24-4)20-17(22)13(3)19-16(21)11-25-14-8-6-5-7-9-14/h5-9,12-13,15H,10-11H2,1-4H3,(H,19,21)(H,20,22). The van der Waals surface area contributed by atoms with Gasteiger partial charge in [0.1, 0.15) is 17.8 Å². The van der Waals surface area contributed by atoms with E-state index in [0.29, 0.717) is 12.2 Å². The summed E-state index contributed by atoms with van der Waals surface area (Å²) in [6, 6.07) is 7.36. The van der Waals surface area contributed by atoms with E-state index in [-0.39, 0.29) is 12.5 Å². The topological polar surface area (TPSA) is 93.7 Å². The van der Waals surface area contributed by atoms with Crippen molar-refractivity contribution in [1.82, 2.24) is 10.6 Å². The summed E-state index contributed by atoms with van der Waals surface area (Å²) < 4.78 is 10.0. The number of methoxy groups -OCH3 is 1. The number of rotatable bonds is 9. The number of nitrogens with one attached hydrogen (secondary N) is 2. The monoisotopic (exact) mass is 350 g/mol. The Hall–Kier alpha value is -2.57. The van der Waals surface area contributed by atoms with E-state index in [4.69, 9.17) is 9.47 Å². The third-order valence-electron chi connectivity index (χ3n) is 3.39. The maximum atomic E-state index is 12.2. The molecule has 7 nitrogen and oxygen atoms in total. The number of para-hydroxylation sites is 1. The summed E-state index contributed by atoms with van der Waals surface area (Å²) in [4.78, 5) is 35.8. The molecule has 0 saturated heterocycles. The van der Waals surface area contributed by atoms with Crippen molar-refractivity contribution in [2.45, 2.75) is 39.3 Å². The molecule has 2 unspecified atom stereocenters. The molecule has 0 heterocycles. The van der Waals surface area contributed by atoms with Crippen LogP contribution in [0, 0.1) is 5.92 Å². The van der Waals surface area contributed by atoms with Crippen LogP contribution in [-0.2, 0) is 19.1 Å². The Morgan fingerprint density at radius 3 is 2.24 bits per heavy atom. The second-order valence-corrected chi connectivity index (χ2v) is 6.10. The summed E-state index contributed by atoms with van der Waals surface area (Å²) in [5.74, 6) is -0.618. The van der Waals surface area contributed by atoms with Gasteiger partial charge in [0.05, 0.1) is 7.11 Å². The number of benzene rings is 1. The molecule has 2 amide bonds. The lowest BCUT2D eigenvalue weighted by atomic mass is 10.0. The molecular formula is C18H26N2O5. The van der Waals surface area contributed by atoms with Crippen molar-refractivity contribution >= 4 is 17.8 Å². The molecule has 2 N–H and O–H groups in total. The second kappa shape index (κ2) is 10.3. The maximum Gasteiger partial charge on any atom is 0.328 e. The van der Waals surface area contributed by atoms with Crippen LogP contribution in [0.5, 0.6) is 5.75 Å². The van der Waals surface area contributed by atoms with Crippen molar-refractivity contribution < 1.29 is 23.9 Å². The van der Waals surface area contributed by atoms with Gasteiger partial charge in [-0.15, -0.1) is 0 Å². The molecule has 0 radical (unpaired) electrons. The van der Waals surface area contributed by atoms with Crippen LogP contribution in [0.25, 0.3) is 0 Å². The molecule has 0 aliphatic carbocycles. The van der Waals surface area contributed by atoms with Crippen molar-refractivity contribution in [2.75, 3.05) is 13.7 Å². The average Bonchev–Trinajstić information content (AvgIpc) is 2.59. The maximum absolute atomic E-state index is 12.2. The molecule has 0 aromatic heterocycles. The zero-order chi connectivity index (χ0) is 18.8. The van der Waals surface area contributed by atoms with Gasteiger partial charge in [0.2, 0.25) is 5.91 Å². The molecule has 0 fully saturated rings. The van der Waals surface area contributed by atoms with E-state index in [1.54, 1.807) is 31.2 Å². The number of hydrogen-bond acceptors (Lipinski definition) is 5. The molecule has 1 rings (SSSR count). The summed E-state index contributed by atoms with van der Waals surface area (Å²) in [6.45, 7) is 5.22. The van der Waals surface area contributed by atoms with E-state index in [1.165, 1.54) is 7.11 Å². The minimum atomic E-state index is -0.800. The van der Waals surface area contributed by atoms with Gasteiger partial charge in [-0.05, 0) is 31.4 Å². The highest BCUT2D eigenvalue weighted by molar-refractivity contribution is 5.90. The van der Waals surface area contributed by atoms with Crippen LogP contribution in [0.3, 0.4) is 0 Å². The van der Waals surface area contributed by atoms with Crippen molar-refractivity contribution in [3.05, 3.63) is 30.3 Å². The molecular weight excluding hydrogens is 324 g/mol. The fraction of sp³-hybridized carbons (Fsp3) is 0.500. The van der Waals surface area contributed by atoms with Gasteiger partial charge in [0.15, 0.2) is 6.61 Å². The molecule has 7 heteroatoms. The summed E-state index contributed by atoms with van der Waals surface area (Å²) >= 11 is 0. The van der Waals surface area contributed by atoms with E-state index in [1.807, 2.05) is 19.9 Å². The summed E-state index contributed by atoms with van der Waals surface area (Å²) in [5.41, 5.74) is 0. The lowest BCUT2D eigenvalue weighted by molar-refractivity contribution is -0.145. The smallest absolute Gasteiger partial charge is 0.328 e. The molecule has 138 valence electrons. The van der Waals surface area contributed by atoms with Gasteiger partial charge in [-0.2, -0.15) is 0 Å². The SMILES string of the molecule is COC(=O)C(CC(C)C)NC(=O)C(C)NC(=O)COc1ccccc1. The average molecular weight is 350 g/mol. The van der Waals surface area contributed by atoms with E-state index >= 15 is 0 Å². The predicted octanol–water partition coefficient (Wildman–Crippen LogP) is 1.27. The Bertz CT molecular complexity index is 574. The van der Waals surface area contributed by atoms with Gasteiger partial charge in [-0.25, -0.2) is 4.79 Å². The minimum absolute atomic E-state index is 0.200. The first-order valence-electron chi connectivity index (χ1n) is 8.19. The Labute approximate surface area is 148 Å². The lowest BCUT2D eigenvalue weighted by Crippen LogP contribution is -2.51. The normalized spacial score (nSPS) is 12.8. The molecule has 1 aromatic rings. The van der Waals surface area contributed by atoms with Crippen LogP contribution in [-0.4, -0.2) is 43.6 Å². The van der Waals surface area contributed by atoms with E-state index in [2.05, 4.69) is 10.6 Å². The van der Waals surface area contributed by atoms with Crippen LogP contribution < -0.4 is 15.4 Å². The molecule has 0 bridgehead atoms. The number of esters is 1. The van der Waals surface area contributed by atoms with Gasteiger partial charge in [0, 0.05) is 0 Å².